The summed E-state index contributed by atoms with van der Waals surface area (Å²) in [6.45, 7) is 3.28. The average molecular weight is 355 g/mol. The highest BCUT2D eigenvalue weighted by molar-refractivity contribution is 5.81. The molecule has 0 aromatic heterocycles. The van der Waals surface area contributed by atoms with Crippen molar-refractivity contribution < 1.29 is 14.3 Å². The molecule has 1 amide bonds. The minimum atomic E-state index is 0.104. The van der Waals surface area contributed by atoms with Gasteiger partial charge in [-0.05, 0) is 24.3 Å². The van der Waals surface area contributed by atoms with Gasteiger partial charge in [0, 0.05) is 37.9 Å². The number of ether oxygens (including phenoxy) is 2. The molecule has 2 aromatic rings. The molecule has 6 nitrogen and oxygen atoms in total. The lowest BCUT2D eigenvalue weighted by Gasteiger charge is -2.36. The number of nitrogens with zero attached hydrogens (tertiary/aromatic N) is 2. The normalized spacial score (nSPS) is 14.1. The van der Waals surface area contributed by atoms with E-state index in [0.717, 1.165) is 36.0 Å². The number of methoxy groups -OCH3 is 2. The molecule has 1 heterocycles. The quantitative estimate of drug-likeness (QED) is 0.863. The minimum Gasteiger partial charge on any atom is -0.497 e. The van der Waals surface area contributed by atoms with E-state index in [4.69, 9.17) is 9.47 Å². The Labute approximate surface area is 154 Å². The zero-order valence-corrected chi connectivity index (χ0v) is 15.3. The third-order valence-electron chi connectivity index (χ3n) is 4.57. The SMILES string of the molecule is COc1cccc(NCC(=O)N2CCN(c3ccccc3OC)CC2)c1. The first-order valence-electron chi connectivity index (χ1n) is 8.75. The number of nitrogens with one attached hydrogen (secondary N) is 1. The van der Waals surface area contributed by atoms with Crippen molar-refractivity contribution >= 4 is 17.3 Å². The van der Waals surface area contributed by atoms with Gasteiger partial charge in [0.2, 0.25) is 5.91 Å². The summed E-state index contributed by atoms with van der Waals surface area (Å²) in [5.74, 6) is 1.74. The Morgan fingerprint density at radius 3 is 2.50 bits per heavy atom. The van der Waals surface area contributed by atoms with Gasteiger partial charge in [0.1, 0.15) is 11.5 Å². The molecule has 1 N–H and O–H groups in total. The molecular formula is C20H25N3O3. The molecule has 1 fully saturated rings. The van der Waals surface area contributed by atoms with E-state index in [1.54, 1.807) is 14.2 Å². The van der Waals surface area contributed by atoms with Crippen LogP contribution in [-0.4, -0.2) is 57.8 Å². The topological polar surface area (TPSA) is 54.0 Å². The molecule has 1 aliphatic heterocycles. The maximum atomic E-state index is 12.5. The van der Waals surface area contributed by atoms with E-state index in [-0.39, 0.29) is 12.5 Å². The fraction of sp³-hybridized carbons (Fsp3) is 0.350. The lowest BCUT2D eigenvalue weighted by Crippen LogP contribution is -2.50. The van der Waals surface area contributed by atoms with Crippen LogP contribution in [-0.2, 0) is 4.79 Å². The summed E-state index contributed by atoms with van der Waals surface area (Å²) in [4.78, 5) is 16.6. The van der Waals surface area contributed by atoms with E-state index < -0.39 is 0 Å². The van der Waals surface area contributed by atoms with Crippen molar-refractivity contribution in [3.63, 3.8) is 0 Å². The smallest absolute Gasteiger partial charge is 0.241 e. The van der Waals surface area contributed by atoms with Crippen molar-refractivity contribution in [1.82, 2.24) is 4.90 Å². The second kappa shape index (κ2) is 8.47. The number of amides is 1. The summed E-state index contributed by atoms with van der Waals surface area (Å²) in [6.07, 6.45) is 0. The van der Waals surface area contributed by atoms with Crippen LogP contribution in [0.1, 0.15) is 0 Å². The Hall–Kier alpha value is -2.89. The van der Waals surface area contributed by atoms with E-state index in [9.17, 15) is 4.79 Å². The Morgan fingerprint density at radius 1 is 1.00 bits per heavy atom. The summed E-state index contributed by atoms with van der Waals surface area (Å²) in [5.41, 5.74) is 1.96. The first kappa shape index (κ1) is 17.9. The first-order chi connectivity index (χ1) is 12.7. The number of para-hydroxylation sites is 2. The number of benzene rings is 2. The summed E-state index contributed by atoms with van der Waals surface area (Å²) >= 11 is 0. The van der Waals surface area contributed by atoms with Crippen LogP contribution in [0.3, 0.4) is 0 Å². The highest BCUT2D eigenvalue weighted by atomic mass is 16.5. The Balaban J connectivity index is 1.52. The van der Waals surface area contributed by atoms with E-state index in [2.05, 4.69) is 16.3 Å². The second-order valence-corrected chi connectivity index (χ2v) is 6.13. The van der Waals surface area contributed by atoms with Crippen LogP contribution >= 0.6 is 0 Å². The van der Waals surface area contributed by atoms with Crippen LogP contribution in [0.15, 0.2) is 48.5 Å². The summed E-state index contributed by atoms with van der Waals surface area (Å²) in [5, 5.41) is 3.17. The molecule has 0 bridgehead atoms. The molecular weight excluding hydrogens is 330 g/mol. The predicted molar refractivity (Wildman–Crippen MR) is 103 cm³/mol. The molecule has 138 valence electrons. The number of hydrogen-bond donors (Lipinski definition) is 1. The molecule has 0 saturated carbocycles. The van der Waals surface area contributed by atoms with Crippen LogP contribution in [0.2, 0.25) is 0 Å². The van der Waals surface area contributed by atoms with Crippen molar-refractivity contribution in [2.75, 3.05) is 57.2 Å². The Bertz CT molecular complexity index is 743. The van der Waals surface area contributed by atoms with Gasteiger partial charge in [-0.2, -0.15) is 0 Å². The number of rotatable bonds is 6. The molecule has 2 aromatic carbocycles. The van der Waals surface area contributed by atoms with Gasteiger partial charge in [-0.15, -0.1) is 0 Å². The number of anilines is 2. The molecule has 0 unspecified atom stereocenters. The van der Waals surface area contributed by atoms with E-state index in [0.29, 0.717) is 13.1 Å². The lowest BCUT2D eigenvalue weighted by molar-refractivity contribution is -0.129. The van der Waals surface area contributed by atoms with Gasteiger partial charge in [0.05, 0.1) is 26.5 Å². The highest BCUT2D eigenvalue weighted by Crippen LogP contribution is 2.28. The Morgan fingerprint density at radius 2 is 1.77 bits per heavy atom. The zero-order valence-electron chi connectivity index (χ0n) is 15.3. The van der Waals surface area contributed by atoms with E-state index >= 15 is 0 Å². The first-order valence-corrected chi connectivity index (χ1v) is 8.75. The van der Waals surface area contributed by atoms with Crippen molar-refractivity contribution in [3.05, 3.63) is 48.5 Å². The largest absolute Gasteiger partial charge is 0.497 e. The van der Waals surface area contributed by atoms with Gasteiger partial charge < -0.3 is 24.6 Å². The van der Waals surface area contributed by atoms with Crippen molar-refractivity contribution in [1.29, 1.82) is 0 Å². The molecule has 6 heteroatoms. The maximum absolute atomic E-state index is 12.5. The van der Waals surface area contributed by atoms with Gasteiger partial charge in [-0.25, -0.2) is 0 Å². The summed E-state index contributed by atoms with van der Waals surface area (Å²) in [6, 6.07) is 15.6. The van der Waals surface area contributed by atoms with Crippen LogP contribution in [0.5, 0.6) is 11.5 Å². The van der Waals surface area contributed by atoms with Gasteiger partial charge in [-0.3, -0.25) is 4.79 Å². The monoisotopic (exact) mass is 355 g/mol. The van der Waals surface area contributed by atoms with E-state index in [1.165, 1.54) is 0 Å². The van der Waals surface area contributed by atoms with Gasteiger partial charge in [-0.1, -0.05) is 18.2 Å². The third kappa shape index (κ3) is 4.20. The van der Waals surface area contributed by atoms with Crippen LogP contribution in [0.4, 0.5) is 11.4 Å². The van der Waals surface area contributed by atoms with Gasteiger partial charge >= 0.3 is 0 Å². The summed E-state index contributed by atoms with van der Waals surface area (Å²) in [7, 11) is 3.31. The fourth-order valence-corrected chi connectivity index (χ4v) is 3.11. The average Bonchev–Trinajstić information content (AvgIpc) is 2.72. The Kier molecular flexibility index (Phi) is 5.84. The standard InChI is InChI=1S/C20H25N3O3/c1-25-17-7-5-6-16(14-17)21-15-20(24)23-12-10-22(11-13-23)18-8-3-4-9-19(18)26-2/h3-9,14,21H,10-13,15H2,1-2H3. The lowest BCUT2D eigenvalue weighted by atomic mass is 10.2. The minimum absolute atomic E-state index is 0.104. The molecule has 1 saturated heterocycles. The van der Waals surface area contributed by atoms with Crippen molar-refractivity contribution in [2.45, 2.75) is 0 Å². The maximum Gasteiger partial charge on any atom is 0.241 e. The highest BCUT2D eigenvalue weighted by Gasteiger charge is 2.22. The van der Waals surface area contributed by atoms with Crippen LogP contribution in [0, 0.1) is 0 Å². The zero-order chi connectivity index (χ0) is 18.4. The number of piperazine rings is 1. The molecule has 26 heavy (non-hydrogen) atoms. The van der Waals surface area contributed by atoms with Crippen molar-refractivity contribution in [2.24, 2.45) is 0 Å². The molecule has 0 aliphatic carbocycles. The molecule has 0 atom stereocenters. The second-order valence-electron chi connectivity index (χ2n) is 6.13. The number of carbonyl (C=O) groups excluding carboxylic acids is 1. The summed E-state index contributed by atoms with van der Waals surface area (Å²) < 4.78 is 10.6. The number of carbonyl (C=O) groups is 1. The van der Waals surface area contributed by atoms with E-state index in [1.807, 2.05) is 47.4 Å². The third-order valence-corrected chi connectivity index (χ3v) is 4.57. The van der Waals surface area contributed by atoms with Gasteiger partial charge in [0.15, 0.2) is 0 Å². The molecule has 0 radical (unpaired) electrons. The van der Waals surface area contributed by atoms with Gasteiger partial charge in [0.25, 0.3) is 0 Å². The fourth-order valence-electron chi connectivity index (χ4n) is 3.11. The number of hydrogen-bond acceptors (Lipinski definition) is 5. The molecule has 1 aliphatic rings. The van der Waals surface area contributed by atoms with Crippen LogP contribution < -0.4 is 19.7 Å². The van der Waals surface area contributed by atoms with Crippen molar-refractivity contribution in [3.8, 4) is 11.5 Å². The predicted octanol–water partition coefficient (Wildman–Crippen LogP) is 2.46. The molecule has 3 rings (SSSR count). The van der Waals surface area contributed by atoms with Crippen LogP contribution in [0.25, 0.3) is 0 Å². The molecule has 0 spiro atoms.